The number of Topliss-reactive ketones (excluding diaryl/α,β-unsaturated/α-hetero) is 2. The second kappa shape index (κ2) is 20.5. The van der Waals surface area contributed by atoms with E-state index in [4.69, 9.17) is 15.2 Å². The number of nitrogens with two attached hydrogens (primary N) is 1. The minimum atomic E-state index is -1.23. The van der Waals surface area contributed by atoms with E-state index in [0.717, 1.165) is 43.2 Å². The largest absolute Gasteiger partial charge is 0.449 e. The van der Waals surface area contributed by atoms with Crippen molar-refractivity contribution in [3.05, 3.63) is 34.9 Å². The predicted octanol–water partition coefficient (Wildman–Crippen LogP) is 4.03. The Kier molecular flexibility index (Phi) is 16.8. The fraction of sp³-hybridized carbons (Fsp3) is 0.683. The zero-order valence-electron chi connectivity index (χ0n) is 33.9. The molecule has 14 nitrogen and oxygen atoms in total. The molecule has 3 rings (SSSR count). The van der Waals surface area contributed by atoms with Crippen molar-refractivity contribution in [3.63, 3.8) is 0 Å². The van der Waals surface area contributed by atoms with Crippen LogP contribution in [-0.4, -0.2) is 78.2 Å². The van der Waals surface area contributed by atoms with Crippen molar-refractivity contribution in [2.45, 2.75) is 143 Å². The van der Waals surface area contributed by atoms with E-state index < -0.39 is 83.7 Å². The third kappa shape index (κ3) is 14.0. The number of aryl methyl sites for hydroxylation is 2. The first kappa shape index (κ1) is 45.1. The first-order valence-corrected chi connectivity index (χ1v) is 19.7. The third-order valence-corrected chi connectivity index (χ3v) is 10.0. The van der Waals surface area contributed by atoms with Crippen LogP contribution < -0.4 is 27.0 Å². The highest BCUT2D eigenvalue weighted by molar-refractivity contribution is 6.38. The lowest BCUT2D eigenvalue weighted by Crippen LogP contribution is -2.53. The number of nitrogens with one attached hydrogen (secondary N) is 4. The van der Waals surface area contributed by atoms with Gasteiger partial charge in [-0.3, -0.25) is 28.8 Å². The minimum Gasteiger partial charge on any atom is -0.449 e. The lowest BCUT2D eigenvalue weighted by atomic mass is 9.77. The zero-order valence-corrected chi connectivity index (χ0v) is 33.9. The van der Waals surface area contributed by atoms with Gasteiger partial charge < -0.3 is 36.5 Å². The van der Waals surface area contributed by atoms with Crippen molar-refractivity contribution in [1.29, 1.82) is 0 Å². The monoisotopic (exact) mass is 769 g/mol. The molecule has 1 aromatic carbocycles. The molecule has 306 valence electrons. The van der Waals surface area contributed by atoms with Crippen molar-refractivity contribution < 1.29 is 43.0 Å². The molecule has 6 atom stereocenters. The summed E-state index contributed by atoms with van der Waals surface area (Å²) in [6.07, 6.45) is 4.28. The molecule has 2 saturated carbocycles. The van der Waals surface area contributed by atoms with E-state index in [1.165, 1.54) is 0 Å². The summed E-state index contributed by atoms with van der Waals surface area (Å²) in [5, 5.41) is 10.4. The highest BCUT2D eigenvalue weighted by atomic mass is 16.5. The zero-order chi connectivity index (χ0) is 41.0. The van der Waals surface area contributed by atoms with Crippen LogP contribution in [0.5, 0.6) is 0 Å². The number of carbonyl (C=O) groups is 7. The number of amides is 5. The Morgan fingerprint density at radius 1 is 0.873 bits per heavy atom. The normalized spacial score (nSPS) is 20.5. The first-order valence-electron chi connectivity index (χ1n) is 19.7. The molecule has 55 heavy (non-hydrogen) atoms. The molecular weight excluding hydrogens is 706 g/mol. The fourth-order valence-electron chi connectivity index (χ4n) is 7.67. The maximum Gasteiger partial charge on any atom is 0.407 e. The van der Waals surface area contributed by atoms with Crippen molar-refractivity contribution in [2.75, 3.05) is 13.2 Å². The van der Waals surface area contributed by atoms with Crippen LogP contribution in [0.2, 0.25) is 0 Å². The molecule has 0 heterocycles. The number of hydrogen-bond donors (Lipinski definition) is 5. The highest BCUT2D eigenvalue weighted by Gasteiger charge is 2.48. The number of carbonyl (C=O) groups excluding carboxylic acids is 7. The van der Waals surface area contributed by atoms with E-state index in [-0.39, 0.29) is 43.5 Å². The number of hydrogen-bond acceptors (Lipinski definition) is 9. The molecule has 0 bridgehead atoms. The molecule has 14 heteroatoms. The van der Waals surface area contributed by atoms with E-state index >= 15 is 0 Å². The van der Waals surface area contributed by atoms with Crippen LogP contribution in [0.25, 0.3) is 0 Å². The van der Waals surface area contributed by atoms with Gasteiger partial charge in [0.1, 0.15) is 6.04 Å². The highest BCUT2D eigenvalue weighted by Crippen LogP contribution is 2.39. The summed E-state index contributed by atoms with van der Waals surface area (Å²) in [6, 6.07) is 2.10. The van der Waals surface area contributed by atoms with Crippen LogP contribution in [0.3, 0.4) is 0 Å². The molecular formula is C41H63N5O9. The van der Waals surface area contributed by atoms with Gasteiger partial charge in [0.25, 0.3) is 5.91 Å². The number of ketones is 2. The molecule has 0 saturated heterocycles. The van der Waals surface area contributed by atoms with Crippen LogP contribution in [0.1, 0.15) is 122 Å². The molecule has 0 aliphatic heterocycles. The van der Waals surface area contributed by atoms with Gasteiger partial charge in [0, 0.05) is 5.92 Å². The molecule has 2 fully saturated rings. The van der Waals surface area contributed by atoms with E-state index in [1.807, 2.05) is 54.5 Å². The minimum absolute atomic E-state index is 0.105. The molecule has 0 spiro atoms. The van der Waals surface area contributed by atoms with Crippen LogP contribution >= 0.6 is 0 Å². The Morgan fingerprint density at radius 3 is 2.05 bits per heavy atom. The maximum absolute atomic E-state index is 14.5. The lowest BCUT2D eigenvalue weighted by molar-refractivity contribution is -0.141. The van der Waals surface area contributed by atoms with Gasteiger partial charge in [-0.1, -0.05) is 75.8 Å². The Morgan fingerprint density at radius 2 is 1.49 bits per heavy atom. The summed E-state index contributed by atoms with van der Waals surface area (Å²) in [5.74, 6) is -6.16. The second-order valence-electron chi connectivity index (χ2n) is 16.7. The molecule has 3 unspecified atom stereocenters. The average Bonchev–Trinajstić information content (AvgIpc) is 3.52. The van der Waals surface area contributed by atoms with E-state index in [1.54, 1.807) is 19.1 Å². The van der Waals surface area contributed by atoms with Crippen LogP contribution in [-0.2, 0) is 38.2 Å². The quantitative estimate of drug-likeness (QED) is 0.136. The third-order valence-electron chi connectivity index (χ3n) is 10.0. The fourth-order valence-corrected chi connectivity index (χ4v) is 7.67. The SMILES string of the molecule is CCCC(NC(=O)[C@@H]1C[C@@H](OC(C)(C)C)CC1C(=O)[C@@H](NC(=O)OCC(C)C)C1CCCCC1)C(=O)C(=O)NCC(=O)NC(C(N)=O)c1cc(C)cc(C)c1. The second-order valence-corrected chi connectivity index (χ2v) is 16.7. The molecule has 5 amide bonds. The smallest absolute Gasteiger partial charge is 0.407 e. The van der Waals surface area contributed by atoms with Gasteiger partial charge >= 0.3 is 6.09 Å². The molecule has 2 aliphatic rings. The number of ether oxygens (including phenoxy) is 2. The van der Waals surface area contributed by atoms with E-state index in [2.05, 4.69) is 21.3 Å². The maximum atomic E-state index is 14.5. The van der Waals surface area contributed by atoms with Crippen LogP contribution in [0.4, 0.5) is 4.79 Å². The molecule has 6 N–H and O–H groups in total. The number of alkyl carbamates (subject to hydrolysis) is 1. The summed E-state index contributed by atoms with van der Waals surface area (Å²) in [7, 11) is 0. The van der Waals surface area contributed by atoms with Gasteiger partial charge in [0.15, 0.2) is 5.78 Å². The number of rotatable bonds is 18. The van der Waals surface area contributed by atoms with E-state index in [9.17, 15) is 33.6 Å². The molecule has 2 aliphatic carbocycles. The standard InChI is InChI=1S/C41H63N5O9/c1-9-13-31(36(49)39(52)43-21-32(47)45-34(37(42)50)27-17-24(4)16-25(5)18-27)44-38(51)30-20-28(55-41(6,7)8)19-29(30)35(48)33(26-14-11-10-12-15-26)46-40(53)54-22-23(2)3/h16-18,23,26,28-31,33-34H,9-15,19-22H2,1-8H3,(H2,42,50)(H,43,52)(H,44,51)(H,45,47)(H,46,53)/t28-,29?,30+,31?,33-,34?/m0/s1. The van der Waals surface area contributed by atoms with Crippen molar-refractivity contribution >= 4 is 41.3 Å². The molecule has 0 aromatic heterocycles. The topological polar surface area (TPSA) is 212 Å². The van der Waals surface area contributed by atoms with Crippen molar-refractivity contribution in [1.82, 2.24) is 21.3 Å². The van der Waals surface area contributed by atoms with Gasteiger partial charge in [0.05, 0.1) is 42.9 Å². The van der Waals surface area contributed by atoms with Gasteiger partial charge in [-0.2, -0.15) is 0 Å². The Hall–Kier alpha value is -4.33. The van der Waals surface area contributed by atoms with Crippen LogP contribution in [0.15, 0.2) is 18.2 Å². The first-order chi connectivity index (χ1) is 25.8. The van der Waals surface area contributed by atoms with Crippen LogP contribution in [0, 0.1) is 37.5 Å². The Balaban J connectivity index is 1.76. The van der Waals surface area contributed by atoms with Gasteiger partial charge in [-0.25, -0.2) is 4.79 Å². The average molecular weight is 770 g/mol. The summed E-state index contributed by atoms with van der Waals surface area (Å²) < 4.78 is 11.7. The predicted molar refractivity (Wildman–Crippen MR) is 206 cm³/mol. The lowest BCUT2D eigenvalue weighted by Gasteiger charge is -2.32. The Bertz CT molecular complexity index is 1530. The number of primary amides is 1. The number of benzene rings is 1. The van der Waals surface area contributed by atoms with Gasteiger partial charge in [-0.15, -0.1) is 0 Å². The Labute approximate surface area is 325 Å². The summed E-state index contributed by atoms with van der Waals surface area (Å²) in [6.45, 7) is 14.6. The molecule has 1 aromatic rings. The van der Waals surface area contributed by atoms with Crippen molar-refractivity contribution in [2.24, 2.45) is 29.4 Å². The van der Waals surface area contributed by atoms with Crippen molar-refractivity contribution in [3.8, 4) is 0 Å². The van der Waals surface area contributed by atoms with Gasteiger partial charge in [0.2, 0.25) is 23.5 Å². The van der Waals surface area contributed by atoms with Gasteiger partial charge in [-0.05, 0) is 84.1 Å². The summed E-state index contributed by atoms with van der Waals surface area (Å²) in [4.78, 5) is 93.0. The molecule has 0 radical (unpaired) electrons. The summed E-state index contributed by atoms with van der Waals surface area (Å²) in [5.41, 5.74) is 7.22. The summed E-state index contributed by atoms with van der Waals surface area (Å²) >= 11 is 0. The van der Waals surface area contributed by atoms with E-state index in [0.29, 0.717) is 12.0 Å².